The van der Waals surface area contributed by atoms with Gasteiger partial charge < -0.3 is 25.8 Å². The molecule has 4 rings (SSSR count). The van der Waals surface area contributed by atoms with Crippen LogP contribution in [0.4, 0.5) is 0 Å². The molecule has 2 aromatic carbocycles. The van der Waals surface area contributed by atoms with Gasteiger partial charge in [0.2, 0.25) is 5.91 Å². The Balaban J connectivity index is 1.72. The van der Waals surface area contributed by atoms with Crippen molar-refractivity contribution in [1.82, 2.24) is 9.47 Å². The number of primary amides is 1. The molecule has 9 heteroatoms. The first-order valence-corrected chi connectivity index (χ1v) is 12.5. The van der Waals surface area contributed by atoms with E-state index in [0.717, 1.165) is 35.9 Å². The molecule has 2 amide bonds. The lowest BCUT2D eigenvalue weighted by molar-refractivity contribution is -0.140. The van der Waals surface area contributed by atoms with Crippen LogP contribution >= 0.6 is 0 Å². The minimum absolute atomic E-state index is 0.0537. The normalized spacial score (nSPS) is 14.5. The summed E-state index contributed by atoms with van der Waals surface area (Å²) in [5.41, 5.74) is 14.7. The maximum absolute atomic E-state index is 13.7. The van der Waals surface area contributed by atoms with E-state index in [0.29, 0.717) is 29.3 Å². The molecule has 1 heterocycles. The van der Waals surface area contributed by atoms with E-state index in [1.54, 1.807) is 18.2 Å². The SMILES string of the molecule is CC(=O)O/N=C(/N)c1ccc2cc(C(=O)N(C)CC3CCCCC3)n(Cc3ccc(C(N)=O)cc3)c2c1. The highest BCUT2D eigenvalue weighted by molar-refractivity contribution is 6.03. The molecule has 0 unspecified atom stereocenters. The molecule has 194 valence electrons. The summed E-state index contributed by atoms with van der Waals surface area (Å²) >= 11 is 0. The highest BCUT2D eigenvalue weighted by atomic mass is 16.7. The summed E-state index contributed by atoms with van der Waals surface area (Å²) in [5, 5.41) is 4.56. The van der Waals surface area contributed by atoms with Gasteiger partial charge in [-0.3, -0.25) is 9.59 Å². The number of aromatic nitrogens is 1. The molecule has 1 aliphatic rings. The number of oxime groups is 1. The van der Waals surface area contributed by atoms with Gasteiger partial charge in [0.25, 0.3) is 5.91 Å². The number of hydrogen-bond acceptors (Lipinski definition) is 5. The summed E-state index contributed by atoms with van der Waals surface area (Å²) in [6.45, 7) is 2.36. The second-order valence-corrected chi connectivity index (χ2v) is 9.70. The van der Waals surface area contributed by atoms with Crippen LogP contribution in [0.5, 0.6) is 0 Å². The van der Waals surface area contributed by atoms with E-state index in [-0.39, 0.29) is 11.7 Å². The molecule has 1 aromatic heterocycles. The van der Waals surface area contributed by atoms with Gasteiger partial charge in [0.1, 0.15) is 5.69 Å². The van der Waals surface area contributed by atoms with Gasteiger partial charge in [0, 0.05) is 49.1 Å². The van der Waals surface area contributed by atoms with Gasteiger partial charge in [-0.1, -0.05) is 48.7 Å². The number of fused-ring (bicyclic) bond motifs is 1. The van der Waals surface area contributed by atoms with E-state index < -0.39 is 11.9 Å². The van der Waals surface area contributed by atoms with E-state index in [1.165, 1.54) is 26.2 Å². The Morgan fingerprint density at radius 2 is 1.68 bits per heavy atom. The monoisotopic (exact) mass is 503 g/mol. The molecule has 0 bridgehead atoms. The molecule has 4 N–H and O–H groups in total. The summed E-state index contributed by atoms with van der Waals surface area (Å²) in [7, 11) is 1.86. The molecule has 0 radical (unpaired) electrons. The number of amidine groups is 1. The molecule has 0 aliphatic heterocycles. The predicted octanol–water partition coefficient (Wildman–Crippen LogP) is 3.62. The fraction of sp³-hybridized carbons (Fsp3) is 0.357. The fourth-order valence-electron chi connectivity index (χ4n) is 4.92. The quantitative estimate of drug-likeness (QED) is 0.210. The number of carbonyl (C=O) groups is 3. The van der Waals surface area contributed by atoms with Gasteiger partial charge in [-0.2, -0.15) is 0 Å². The predicted molar refractivity (Wildman–Crippen MR) is 142 cm³/mol. The first-order chi connectivity index (χ1) is 17.7. The van der Waals surface area contributed by atoms with Crippen LogP contribution < -0.4 is 11.5 Å². The van der Waals surface area contributed by atoms with E-state index in [4.69, 9.17) is 16.3 Å². The third-order valence-electron chi connectivity index (χ3n) is 6.87. The third kappa shape index (κ3) is 6.17. The molecule has 1 fully saturated rings. The van der Waals surface area contributed by atoms with E-state index >= 15 is 0 Å². The van der Waals surface area contributed by atoms with Crippen LogP contribution in [0, 0.1) is 5.92 Å². The van der Waals surface area contributed by atoms with Crippen LogP contribution in [0.1, 0.15) is 71.0 Å². The van der Waals surface area contributed by atoms with Gasteiger partial charge in [0.05, 0.1) is 0 Å². The van der Waals surface area contributed by atoms with Crippen LogP contribution in [0.2, 0.25) is 0 Å². The van der Waals surface area contributed by atoms with E-state index in [1.807, 2.05) is 46.8 Å². The molecule has 1 saturated carbocycles. The van der Waals surface area contributed by atoms with Gasteiger partial charge in [-0.05, 0) is 48.6 Å². The Hall–Kier alpha value is -4.14. The number of carbonyl (C=O) groups excluding carboxylic acids is 3. The topological polar surface area (TPSA) is 133 Å². The lowest BCUT2D eigenvalue weighted by Gasteiger charge is -2.27. The summed E-state index contributed by atoms with van der Waals surface area (Å²) in [4.78, 5) is 42.8. The van der Waals surface area contributed by atoms with Crippen LogP contribution in [0.3, 0.4) is 0 Å². The first-order valence-electron chi connectivity index (χ1n) is 12.5. The van der Waals surface area contributed by atoms with Crippen molar-refractivity contribution >= 4 is 34.5 Å². The average molecular weight is 504 g/mol. The Bertz CT molecular complexity index is 1340. The number of nitrogens with two attached hydrogens (primary N) is 2. The second kappa shape index (κ2) is 11.3. The molecule has 0 spiro atoms. The molecule has 9 nitrogen and oxygen atoms in total. The molecule has 3 aromatic rings. The summed E-state index contributed by atoms with van der Waals surface area (Å²) in [6, 6.07) is 14.4. The fourth-order valence-corrected chi connectivity index (χ4v) is 4.92. The minimum atomic E-state index is -0.569. The van der Waals surface area contributed by atoms with Gasteiger partial charge >= 0.3 is 5.97 Å². The van der Waals surface area contributed by atoms with E-state index in [9.17, 15) is 14.4 Å². The van der Waals surface area contributed by atoms with Crippen molar-refractivity contribution in [1.29, 1.82) is 0 Å². The minimum Gasteiger partial charge on any atom is -0.380 e. The molecule has 37 heavy (non-hydrogen) atoms. The van der Waals surface area contributed by atoms with Crippen molar-refractivity contribution in [2.75, 3.05) is 13.6 Å². The Labute approximate surface area is 216 Å². The van der Waals surface area contributed by atoms with Gasteiger partial charge in [-0.25, -0.2) is 4.79 Å². The number of nitrogens with zero attached hydrogens (tertiary/aromatic N) is 3. The van der Waals surface area contributed by atoms with Gasteiger partial charge in [0.15, 0.2) is 5.84 Å². The van der Waals surface area contributed by atoms with Crippen molar-refractivity contribution in [3.05, 3.63) is 70.9 Å². The summed E-state index contributed by atoms with van der Waals surface area (Å²) in [5.74, 6) is -0.548. The molecule has 0 atom stereocenters. The van der Waals surface area contributed by atoms with Crippen LogP contribution in [0.25, 0.3) is 10.9 Å². The third-order valence-corrected chi connectivity index (χ3v) is 6.87. The largest absolute Gasteiger partial charge is 0.380 e. The zero-order valence-electron chi connectivity index (χ0n) is 21.3. The van der Waals surface area contributed by atoms with Crippen molar-refractivity contribution in [3.63, 3.8) is 0 Å². The lowest BCUT2D eigenvalue weighted by atomic mass is 9.89. The van der Waals surface area contributed by atoms with Crippen molar-refractivity contribution in [2.45, 2.75) is 45.6 Å². The zero-order chi connectivity index (χ0) is 26.5. The van der Waals surface area contributed by atoms with Crippen LogP contribution in [0.15, 0.2) is 53.7 Å². The Morgan fingerprint density at radius 1 is 1.00 bits per heavy atom. The van der Waals surface area contributed by atoms with Crippen LogP contribution in [-0.2, 0) is 16.2 Å². The highest BCUT2D eigenvalue weighted by Crippen LogP contribution is 2.27. The molecular weight excluding hydrogens is 470 g/mol. The van der Waals surface area contributed by atoms with Crippen molar-refractivity contribution < 1.29 is 19.2 Å². The first kappa shape index (κ1) is 25.9. The smallest absolute Gasteiger partial charge is 0.332 e. The van der Waals surface area contributed by atoms with Crippen molar-refractivity contribution in [3.8, 4) is 0 Å². The number of rotatable bonds is 8. The van der Waals surface area contributed by atoms with E-state index in [2.05, 4.69) is 5.16 Å². The number of amides is 2. The Morgan fingerprint density at radius 3 is 2.32 bits per heavy atom. The molecular formula is C28H33N5O4. The maximum atomic E-state index is 13.7. The highest BCUT2D eigenvalue weighted by Gasteiger charge is 2.23. The van der Waals surface area contributed by atoms with Crippen LogP contribution in [-0.4, -0.2) is 46.7 Å². The standard InChI is InChI=1S/C28H33N5O4/c1-18(34)37-31-26(29)23-13-12-22-14-25(28(36)32(2)16-19-6-4-3-5-7-19)33(24(22)15-23)17-20-8-10-21(11-9-20)27(30)35/h8-15,19H,3-7,16-17H2,1-2H3,(H2,29,31)(H2,30,35). The Kier molecular flexibility index (Phi) is 7.91. The summed E-state index contributed by atoms with van der Waals surface area (Å²) in [6.07, 6.45) is 6.00. The summed E-state index contributed by atoms with van der Waals surface area (Å²) < 4.78 is 1.94. The molecule has 1 aliphatic carbocycles. The second-order valence-electron chi connectivity index (χ2n) is 9.70. The average Bonchev–Trinajstić information content (AvgIpc) is 3.25. The number of benzene rings is 2. The van der Waals surface area contributed by atoms with Gasteiger partial charge in [-0.15, -0.1) is 0 Å². The lowest BCUT2D eigenvalue weighted by Crippen LogP contribution is -2.34. The maximum Gasteiger partial charge on any atom is 0.332 e. The number of hydrogen-bond donors (Lipinski definition) is 2. The van der Waals surface area contributed by atoms with Crippen molar-refractivity contribution in [2.24, 2.45) is 22.5 Å². The zero-order valence-corrected chi connectivity index (χ0v) is 21.3. The molecule has 0 saturated heterocycles.